The van der Waals surface area contributed by atoms with Crippen LogP contribution in [0.2, 0.25) is 0 Å². The van der Waals surface area contributed by atoms with Crippen LogP contribution in [0.1, 0.15) is 52.8 Å². The Labute approximate surface area is 188 Å². The molecule has 0 aliphatic heterocycles. The van der Waals surface area contributed by atoms with Crippen molar-refractivity contribution in [3.05, 3.63) is 66.1 Å². The molecule has 0 radical (unpaired) electrons. The smallest absolute Gasteiger partial charge is 0.121 e. The van der Waals surface area contributed by atoms with Gasteiger partial charge in [-0.1, -0.05) is 65.0 Å². The summed E-state index contributed by atoms with van der Waals surface area (Å²) in [6.07, 6.45) is 7.68. The van der Waals surface area contributed by atoms with E-state index in [9.17, 15) is 0 Å². The van der Waals surface area contributed by atoms with Crippen LogP contribution in [0.5, 0.6) is 0 Å². The zero-order valence-electron chi connectivity index (χ0n) is 20.5. The predicted molar refractivity (Wildman–Crippen MR) is 134 cm³/mol. The van der Waals surface area contributed by atoms with Gasteiger partial charge in [-0.2, -0.15) is 5.10 Å². The van der Waals surface area contributed by atoms with Gasteiger partial charge in [-0.15, -0.1) is 0 Å². The molecule has 2 aromatic heterocycles. The van der Waals surface area contributed by atoms with Crippen molar-refractivity contribution in [1.82, 2.24) is 14.8 Å². The second kappa shape index (κ2) is 13.2. The Hall–Kier alpha value is -3.19. The topological polar surface area (TPSA) is 43.1 Å². The molecule has 1 aromatic carbocycles. The second-order valence-corrected chi connectivity index (χ2v) is 7.52. The van der Waals surface area contributed by atoms with Gasteiger partial charge in [-0.3, -0.25) is 9.67 Å². The van der Waals surface area contributed by atoms with Gasteiger partial charge in [0.15, 0.2) is 0 Å². The van der Waals surface area contributed by atoms with E-state index < -0.39 is 0 Å². The van der Waals surface area contributed by atoms with Crippen molar-refractivity contribution < 1.29 is 0 Å². The summed E-state index contributed by atoms with van der Waals surface area (Å²) in [5, 5.41) is 4.21. The molecule has 31 heavy (non-hydrogen) atoms. The number of aromatic nitrogens is 3. The molecular weight excluding hydrogens is 380 g/mol. The normalized spacial score (nSPS) is 10.8. The Kier molecular flexibility index (Phi) is 11.0. The highest BCUT2D eigenvalue weighted by atomic mass is 15.2. The molecule has 0 spiro atoms. The van der Waals surface area contributed by atoms with E-state index in [-0.39, 0.29) is 0 Å². The van der Waals surface area contributed by atoms with Gasteiger partial charge in [0.1, 0.15) is 5.69 Å². The van der Waals surface area contributed by atoms with Gasteiger partial charge in [0, 0.05) is 37.6 Å². The molecule has 0 atom stereocenters. The van der Waals surface area contributed by atoms with Crippen LogP contribution in [0.4, 0.5) is 0 Å². The molecule has 0 amide bonds. The summed E-state index contributed by atoms with van der Waals surface area (Å²) in [6, 6.07) is 14.7. The number of benzene rings is 1. The molecule has 0 unspecified atom stereocenters. The standard InChI is InChI=1S/C21H20N4.C4H10.C2H6/c1-5-16(12-22-3)17-7-6-8-18(11-17)21-10-9-20(15(2)24-21)19-13-23-25(4)14-19;1-4(2)3;1-2/h5-8,11-14H,1-4H3;4H,1-3H3;1-2H3/b16-5+,22-12?;;. The number of nitrogens with zero attached hydrogens (tertiary/aromatic N) is 4. The van der Waals surface area contributed by atoms with Crippen molar-refractivity contribution in [3.63, 3.8) is 0 Å². The third-order valence-corrected chi connectivity index (χ3v) is 3.99. The quantitative estimate of drug-likeness (QED) is 0.436. The first-order chi connectivity index (χ1) is 14.8. The minimum absolute atomic E-state index is 0.788. The van der Waals surface area contributed by atoms with Crippen molar-refractivity contribution in [2.75, 3.05) is 7.05 Å². The van der Waals surface area contributed by atoms with Gasteiger partial charge < -0.3 is 0 Å². The summed E-state index contributed by atoms with van der Waals surface area (Å²) < 4.78 is 1.77. The molecular formula is C27H36N4. The maximum Gasteiger partial charge on any atom is 0.121 e. The van der Waals surface area contributed by atoms with E-state index in [1.807, 2.05) is 71.6 Å². The molecule has 4 nitrogen and oxygen atoms in total. The summed E-state index contributed by atoms with van der Waals surface area (Å²) in [4.78, 5) is 8.84. The van der Waals surface area contributed by atoms with Crippen LogP contribution in [0.25, 0.3) is 28.0 Å². The maximum atomic E-state index is 4.72. The SMILES string of the molecule is C/C=C(\C=NC)c1cccc(-c2c#cc(-c3cnn(C)c3)c(C)n2)c1.CC.CC(C)C. The Morgan fingerprint density at radius 1 is 1.13 bits per heavy atom. The Balaban J connectivity index is 0.000000720. The summed E-state index contributed by atoms with van der Waals surface area (Å²) in [5.74, 6) is 0.833. The largest absolute Gasteiger partial charge is 0.296 e. The minimum atomic E-state index is 0.788. The molecule has 0 N–H and O–H groups in total. The fourth-order valence-electron chi connectivity index (χ4n) is 2.73. The fourth-order valence-corrected chi connectivity index (χ4v) is 2.73. The average Bonchev–Trinajstić information content (AvgIpc) is 3.19. The van der Waals surface area contributed by atoms with Gasteiger partial charge in [0.2, 0.25) is 0 Å². The van der Waals surface area contributed by atoms with Gasteiger partial charge in [-0.05, 0) is 43.0 Å². The highest BCUT2D eigenvalue weighted by Gasteiger charge is 2.08. The summed E-state index contributed by atoms with van der Waals surface area (Å²) in [7, 11) is 3.67. The van der Waals surface area contributed by atoms with Gasteiger partial charge in [0.05, 0.1) is 17.5 Å². The number of hydrogen-bond acceptors (Lipinski definition) is 3. The molecule has 3 rings (SSSR count). The zero-order chi connectivity index (χ0) is 23.4. The van der Waals surface area contributed by atoms with Crippen LogP contribution in [0.3, 0.4) is 0 Å². The molecule has 164 valence electrons. The lowest BCUT2D eigenvalue weighted by molar-refractivity contribution is 0.737. The molecule has 0 saturated heterocycles. The highest BCUT2D eigenvalue weighted by Crippen LogP contribution is 2.24. The van der Waals surface area contributed by atoms with Crippen molar-refractivity contribution in [2.24, 2.45) is 18.0 Å². The number of rotatable bonds is 4. The molecule has 2 heterocycles. The molecule has 4 heteroatoms. The van der Waals surface area contributed by atoms with Crippen molar-refractivity contribution in [2.45, 2.75) is 48.5 Å². The zero-order valence-corrected chi connectivity index (χ0v) is 20.5. The van der Waals surface area contributed by atoms with Gasteiger partial charge >= 0.3 is 0 Å². The first-order valence-electron chi connectivity index (χ1n) is 10.9. The van der Waals surface area contributed by atoms with Crippen molar-refractivity contribution >= 4 is 11.8 Å². The van der Waals surface area contributed by atoms with Crippen LogP contribution in [-0.2, 0) is 7.05 Å². The maximum absolute atomic E-state index is 4.72. The van der Waals surface area contributed by atoms with E-state index in [2.05, 4.69) is 55.1 Å². The first kappa shape index (κ1) is 25.8. The van der Waals surface area contributed by atoms with Crippen LogP contribution < -0.4 is 0 Å². The molecule has 3 aromatic rings. The van der Waals surface area contributed by atoms with Crippen molar-refractivity contribution in [3.8, 4) is 22.4 Å². The number of aliphatic imine (C=N–C) groups is 1. The highest BCUT2D eigenvalue weighted by molar-refractivity contribution is 6.09. The lowest BCUT2D eigenvalue weighted by atomic mass is 10.0. The Morgan fingerprint density at radius 3 is 2.32 bits per heavy atom. The molecule has 0 bridgehead atoms. The van der Waals surface area contributed by atoms with Crippen molar-refractivity contribution in [1.29, 1.82) is 0 Å². The summed E-state index contributed by atoms with van der Waals surface area (Å²) in [6.45, 7) is 14.5. The second-order valence-electron chi connectivity index (χ2n) is 7.52. The number of aryl methyl sites for hydroxylation is 2. The molecule has 0 aliphatic carbocycles. The third kappa shape index (κ3) is 7.86. The van der Waals surface area contributed by atoms with Crippen LogP contribution in [0.15, 0.2) is 47.7 Å². The summed E-state index contributed by atoms with van der Waals surface area (Å²) in [5.41, 5.74) is 6.83. The van der Waals surface area contributed by atoms with E-state index in [1.54, 1.807) is 11.7 Å². The molecule has 0 saturated carbocycles. The first-order valence-corrected chi connectivity index (χ1v) is 10.9. The molecule has 0 fully saturated rings. The van der Waals surface area contributed by atoms with Gasteiger partial charge in [0.25, 0.3) is 0 Å². The van der Waals surface area contributed by atoms with Crippen LogP contribution >= 0.6 is 0 Å². The van der Waals surface area contributed by atoms with Gasteiger partial charge in [-0.25, -0.2) is 4.98 Å². The van der Waals surface area contributed by atoms with Crippen LogP contribution in [0, 0.1) is 25.0 Å². The average molecular weight is 417 g/mol. The van der Waals surface area contributed by atoms with E-state index in [1.165, 1.54) is 0 Å². The third-order valence-electron chi connectivity index (χ3n) is 3.99. The Bertz CT molecular complexity index is 991. The Morgan fingerprint density at radius 2 is 1.81 bits per heavy atom. The lowest BCUT2D eigenvalue weighted by Gasteiger charge is -2.06. The van der Waals surface area contributed by atoms with E-state index in [0.717, 1.165) is 45.1 Å². The fraction of sp³-hybridized carbons (Fsp3) is 0.370. The summed E-state index contributed by atoms with van der Waals surface area (Å²) >= 11 is 0. The predicted octanol–water partition coefficient (Wildman–Crippen LogP) is 6.85. The lowest BCUT2D eigenvalue weighted by Crippen LogP contribution is -1.91. The van der Waals surface area contributed by atoms with E-state index in [0.29, 0.717) is 0 Å². The number of allylic oxidation sites excluding steroid dienone is 2. The monoisotopic (exact) mass is 416 g/mol. The minimum Gasteiger partial charge on any atom is -0.296 e. The van der Waals surface area contributed by atoms with E-state index >= 15 is 0 Å². The van der Waals surface area contributed by atoms with E-state index in [4.69, 9.17) is 4.98 Å². The molecule has 0 aliphatic rings. The van der Waals surface area contributed by atoms with Crippen LogP contribution in [-0.4, -0.2) is 28.0 Å². The number of hydrogen-bond donors (Lipinski definition) is 0.